The first-order chi connectivity index (χ1) is 22.4. The lowest BCUT2D eigenvalue weighted by Crippen LogP contribution is -2.32. The van der Waals surface area contributed by atoms with Crippen LogP contribution in [0.4, 0.5) is 0 Å². The SMILES string of the molecule is NC(CO)C(O)c1cccc(CCCCCc2ccccc2)n1.NC(CO)C(O)c1cccc(CCCCCc2ccccc2)n1.O. The molecule has 10 N–H and O–H groups in total. The van der Waals surface area contributed by atoms with Gasteiger partial charge in [-0.05, 0) is 86.8 Å². The lowest BCUT2D eigenvalue weighted by molar-refractivity contribution is 0.105. The van der Waals surface area contributed by atoms with Gasteiger partial charge < -0.3 is 37.4 Å². The molecule has 2 aromatic heterocycles. The number of hydrogen-bond acceptors (Lipinski definition) is 8. The summed E-state index contributed by atoms with van der Waals surface area (Å²) in [4.78, 5) is 8.91. The number of nitrogens with zero attached hydrogens (tertiary/aromatic N) is 2. The summed E-state index contributed by atoms with van der Waals surface area (Å²) in [5.74, 6) is 0. The number of aromatic nitrogens is 2. The van der Waals surface area contributed by atoms with Gasteiger partial charge in [-0.2, -0.15) is 0 Å². The highest BCUT2D eigenvalue weighted by atomic mass is 16.3. The second-order valence-corrected chi connectivity index (χ2v) is 11.8. The number of aliphatic hydroxyl groups is 4. The summed E-state index contributed by atoms with van der Waals surface area (Å²) in [6.07, 6.45) is 8.96. The second kappa shape index (κ2) is 22.9. The highest BCUT2D eigenvalue weighted by molar-refractivity contribution is 5.17. The van der Waals surface area contributed by atoms with Gasteiger partial charge in [0.25, 0.3) is 0 Å². The van der Waals surface area contributed by atoms with Gasteiger partial charge in [0.2, 0.25) is 0 Å². The first-order valence-electron chi connectivity index (χ1n) is 16.5. The summed E-state index contributed by atoms with van der Waals surface area (Å²) in [7, 11) is 0. The van der Waals surface area contributed by atoms with E-state index >= 15 is 0 Å². The van der Waals surface area contributed by atoms with Crippen LogP contribution in [0.15, 0.2) is 97.1 Å². The molecule has 2 aromatic carbocycles. The number of rotatable bonds is 18. The Hall–Kier alpha value is -3.54. The standard InChI is InChI=1S/2C19H26N2O2.H2O/c2*20-17(14-22)19(23)18-13-7-12-16(21-18)11-6-2-5-10-15-8-3-1-4-9-15;/h2*1,3-4,7-9,12-13,17,19,22-23H,2,5-6,10-11,14,20H2;1H2. The molecule has 0 spiro atoms. The summed E-state index contributed by atoms with van der Waals surface area (Å²) < 4.78 is 0. The molecule has 4 atom stereocenters. The molecule has 4 rings (SSSR count). The van der Waals surface area contributed by atoms with Crippen LogP contribution in [0.3, 0.4) is 0 Å². The Morgan fingerprint density at radius 1 is 0.468 bits per heavy atom. The molecule has 9 heteroatoms. The van der Waals surface area contributed by atoms with Crippen LogP contribution >= 0.6 is 0 Å². The smallest absolute Gasteiger partial charge is 0.113 e. The average Bonchev–Trinajstić information content (AvgIpc) is 3.11. The molecule has 4 unspecified atom stereocenters. The highest BCUT2D eigenvalue weighted by Gasteiger charge is 2.18. The van der Waals surface area contributed by atoms with Gasteiger partial charge in [-0.25, -0.2) is 0 Å². The molecule has 0 bridgehead atoms. The van der Waals surface area contributed by atoms with E-state index in [0.717, 1.165) is 62.8 Å². The summed E-state index contributed by atoms with van der Waals surface area (Å²) in [6.45, 7) is -0.515. The third kappa shape index (κ3) is 14.8. The van der Waals surface area contributed by atoms with E-state index < -0.39 is 24.3 Å². The fourth-order valence-corrected chi connectivity index (χ4v) is 5.16. The summed E-state index contributed by atoms with van der Waals surface area (Å²) in [5.41, 5.74) is 17.1. The van der Waals surface area contributed by atoms with Crippen LogP contribution in [0.25, 0.3) is 0 Å². The zero-order chi connectivity index (χ0) is 33.0. The van der Waals surface area contributed by atoms with Crippen LogP contribution in [0, 0.1) is 0 Å². The average molecular weight is 647 g/mol. The van der Waals surface area contributed by atoms with Gasteiger partial charge in [0, 0.05) is 11.4 Å². The van der Waals surface area contributed by atoms with Gasteiger partial charge in [-0.1, -0.05) is 85.6 Å². The summed E-state index contributed by atoms with van der Waals surface area (Å²) >= 11 is 0. The van der Waals surface area contributed by atoms with Crippen LogP contribution in [0.2, 0.25) is 0 Å². The molecule has 0 fully saturated rings. The van der Waals surface area contributed by atoms with Gasteiger partial charge in [0.05, 0.1) is 36.7 Å². The van der Waals surface area contributed by atoms with Crippen LogP contribution in [-0.2, 0) is 25.7 Å². The maximum absolute atomic E-state index is 10.0. The second-order valence-electron chi connectivity index (χ2n) is 11.8. The molecule has 2 heterocycles. The van der Waals surface area contributed by atoms with Gasteiger partial charge >= 0.3 is 0 Å². The van der Waals surface area contributed by atoms with E-state index in [1.54, 1.807) is 12.1 Å². The zero-order valence-electron chi connectivity index (χ0n) is 27.4. The molecule has 0 aliphatic carbocycles. The predicted molar refractivity (Wildman–Crippen MR) is 188 cm³/mol. The van der Waals surface area contributed by atoms with Crippen molar-refractivity contribution in [3.8, 4) is 0 Å². The number of aryl methyl sites for hydroxylation is 4. The number of pyridine rings is 2. The maximum atomic E-state index is 10.0. The first kappa shape index (κ1) is 39.6. The molecule has 0 saturated carbocycles. The number of nitrogens with two attached hydrogens (primary N) is 2. The minimum Gasteiger partial charge on any atom is -0.412 e. The molecule has 0 aliphatic heterocycles. The Kier molecular flexibility index (Phi) is 19.3. The fourth-order valence-electron chi connectivity index (χ4n) is 5.16. The van der Waals surface area contributed by atoms with Gasteiger partial charge in [-0.3, -0.25) is 9.97 Å². The molecule has 4 aromatic rings. The van der Waals surface area contributed by atoms with E-state index in [9.17, 15) is 10.2 Å². The molecule has 47 heavy (non-hydrogen) atoms. The minimum atomic E-state index is -0.918. The molecule has 0 saturated heterocycles. The number of benzene rings is 2. The van der Waals surface area contributed by atoms with Crippen molar-refractivity contribution in [1.29, 1.82) is 0 Å². The largest absolute Gasteiger partial charge is 0.412 e. The van der Waals surface area contributed by atoms with Crippen molar-refractivity contribution < 1.29 is 25.9 Å². The molecule has 9 nitrogen and oxygen atoms in total. The quantitative estimate of drug-likeness (QED) is 0.0876. The molecule has 0 radical (unpaired) electrons. The van der Waals surface area contributed by atoms with Crippen LogP contribution in [0.5, 0.6) is 0 Å². The fraction of sp³-hybridized carbons (Fsp3) is 0.421. The Labute approximate surface area is 279 Å². The van der Waals surface area contributed by atoms with E-state index in [-0.39, 0.29) is 18.7 Å². The van der Waals surface area contributed by atoms with Crippen LogP contribution < -0.4 is 11.5 Å². The van der Waals surface area contributed by atoms with Crippen molar-refractivity contribution in [2.75, 3.05) is 13.2 Å². The Morgan fingerprint density at radius 3 is 1.19 bits per heavy atom. The minimum absolute atomic E-state index is 0. The van der Waals surface area contributed by atoms with Crippen molar-refractivity contribution in [2.24, 2.45) is 11.5 Å². The Morgan fingerprint density at radius 2 is 0.830 bits per heavy atom. The van der Waals surface area contributed by atoms with Gasteiger partial charge in [0.15, 0.2) is 0 Å². The van der Waals surface area contributed by atoms with Crippen LogP contribution in [0.1, 0.15) is 84.6 Å². The lowest BCUT2D eigenvalue weighted by Gasteiger charge is -2.16. The number of hydrogen-bond donors (Lipinski definition) is 6. The molecular weight excluding hydrogens is 592 g/mol. The lowest BCUT2D eigenvalue weighted by atomic mass is 10.0. The van der Waals surface area contributed by atoms with Crippen molar-refractivity contribution >= 4 is 0 Å². The van der Waals surface area contributed by atoms with Crippen molar-refractivity contribution in [3.63, 3.8) is 0 Å². The van der Waals surface area contributed by atoms with E-state index in [2.05, 4.69) is 58.5 Å². The van der Waals surface area contributed by atoms with Crippen molar-refractivity contribution in [1.82, 2.24) is 9.97 Å². The van der Waals surface area contributed by atoms with Crippen LogP contribution in [-0.4, -0.2) is 61.2 Å². The number of unbranched alkanes of at least 4 members (excludes halogenated alkanes) is 4. The van der Waals surface area contributed by atoms with E-state index in [1.165, 1.54) is 24.0 Å². The van der Waals surface area contributed by atoms with E-state index in [4.69, 9.17) is 21.7 Å². The third-order valence-electron chi connectivity index (χ3n) is 7.98. The van der Waals surface area contributed by atoms with Gasteiger partial charge in [0.1, 0.15) is 12.2 Å². The van der Waals surface area contributed by atoms with Gasteiger partial charge in [-0.15, -0.1) is 0 Å². The van der Waals surface area contributed by atoms with Crippen molar-refractivity contribution in [3.05, 3.63) is 131 Å². The Bertz CT molecular complexity index is 1260. The molecule has 0 amide bonds. The normalized spacial score (nSPS) is 13.4. The summed E-state index contributed by atoms with van der Waals surface area (Å²) in [5, 5.41) is 38.0. The third-order valence-corrected chi connectivity index (χ3v) is 7.98. The zero-order valence-corrected chi connectivity index (χ0v) is 27.4. The first-order valence-corrected chi connectivity index (χ1v) is 16.5. The molecule has 256 valence electrons. The van der Waals surface area contributed by atoms with E-state index in [1.807, 2.05) is 36.4 Å². The Balaban J connectivity index is 0.000000320. The van der Waals surface area contributed by atoms with Crippen molar-refractivity contribution in [2.45, 2.75) is 88.5 Å². The predicted octanol–water partition coefficient (Wildman–Crippen LogP) is 3.96. The summed E-state index contributed by atoms with van der Waals surface area (Å²) in [6, 6.07) is 30.9. The maximum Gasteiger partial charge on any atom is 0.113 e. The topological polar surface area (TPSA) is 190 Å². The number of aliphatic hydroxyl groups excluding tert-OH is 4. The molecular formula is C38H54N4O5. The monoisotopic (exact) mass is 646 g/mol. The van der Waals surface area contributed by atoms with E-state index in [0.29, 0.717) is 11.4 Å². The highest BCUT2D eigenvalue weighted by Crippen LogP contribution is 2.17. The molecule has 0 aliphatic rings.